The highest BCUT2D eigenvalue weighted by Gasteiger charge is 2.25. The van der Waals surface area contributed by atoms with E-state index in [4.69, 9.17) is 4.74 Å². The van der Waals surface area contributed by atoms with E-state index in [1.54, 1.807) is 0 Å². The first-order valence-electron chi connectivity index (χ1n) is 6.79. The highest BCUT2D eigenvalue weighted by Crippen LogP contribution is 2.11. The summed E-state index contributed by atoms with van der Waals surface area (Å²) in [5.41, 5.74) is 1.34. The normalized spacial score (nSPS) is 19.1. The van der Waals surface area contributed by atoms with Gasteiger partial charge in [0.05, 0.1) is 7.11 Å². The Kier molecular flexibility index (Phi) is 4.93. The van der Waals surface area contributed by atoms with Gasteiger partial charge in [-0.15, -0.1) is 0 Å². The minimum Gasteiger partial charge on any atom is -0.468 e. The standard InChI is InChI=1S/C15H22N2O2/c1-13(15(18)19-2)17-10-8-16(9-11-17)12-14-6-4-3-5-7-14/h3-7,13H,8-12H2,1-2H3/t13-/m0/s1. The van der Waals surface area contributed by atoms with Crippen LogP contribution < -0.4 is 0 Å². The molecule has 0 unspecified atom stereocenters. The molecule has 0 saturated carbocycles. The van der Waals surface area contributed by atoms with Gasteiger partial charge in [-0.25, -0.2) is 0 Å². The third-order valence-corrected chi connectivity index (χ3v) is 3.75. The molecule has 1 aliphatic heterocycles. The Balaban J connectivity index is 1.81. The molecule has 1 atom stereocenters. The van der Waals surface area contributed by atoms with Crippen LogP contribution in [0.15, 0.2) is 30.3 Å². The summed E-state index contributed by atoms with van der Waals surface area (Å²) in [5.74, 6) is -0.142. The number of benzene rings is 1. The van der Waals surface area contributed by atoms with Crippen molar-refractivity contribution in [3.63, 3.8) is 0 Å². The first kappa shape index (κ1) is 14.0. The van der Waals surface area contributed by atoms with Crippen molar-refractivity contribution in [3.8, 4) is 0 Å². The van der Waals surface area contributed by atoms with Crippen molar-refractivity contribution >= 4 is 5.97 Å². The molecule has 0 aliphatic carbocycles. The van der Waals surface area contributed by atoms with Gasteiger partial charge in [0, 0.05) is 32.7 Å². The fraction of sp³-hybridized carbons (Fsp3) is 0.533. The first-order valence-corrected chi connectivity index (χ1v) is 6.79. The number of ether oxygens (including phenoxy) is 1. The number of hydrogen-bond acceptors (Lipinski definition) is 4. The molecule has 0 bridgehead atoms. The van der Waals surface area contributed by atoms with E-state index < -0.39 is 0 Å². The molecule has 1 saturated heterocycles. The smallest absolute Gasteiger partial charge is 0.322 e. The van der Waals surface area contributed by atoms with Crippen molar-refractivity contribution in [1.82, 2.24) is 9.80 Å². The zero-order valence-electron chi connectivity index (χ0n) is 11.7. The van der Waals surface area contributed by atoms with E-state index >= 15 is 0 Å². The van der Waals surface area contributed by atoms with E-state index in [0.29, 0.717) is 0 Å². The van der Waals surface area contributed by atoms with E-state index in [0.717, 1.165) is 32.7 Å². The van der Waals surface area contributed by atoms with E-state index in [1.165, 1.54) is 12.7 Å². The SMILES string of the molecule is COC(=O)[C@H](C)N1CCN(Cc2ccccc2)CC1. The molecule has 1 fully saturated rings. The maximum atomic E-state index is 11.5. The molecule has 19 heavy (non-hydrogen) atoms. The second-order valence-corrected chi connectivity index (χ2v) is 5.00. The van der Waals surface area contributed by atoms with Crippen molar-refractivity contribution in [2.45, 2.75) is 19.5 Å². The Morgan fingerprint density at radius 1 is 1.21 bits per heavy atom. The number of nitrogens with zero attached hydrogens (tertiary/aromatic N) is 2. The molecule has 1 aromatic carbocycles. The van der Waals surface area contributed by atoms with E-state index in [9.17, 15) is 4.79 Å². The number of piperazine rings is 1. The van der Waals surface area contributed by atoms with E-state index in [-0.39, 0.29) is 12.0 Å². The predicted octanol–water partition coefficient (Wildman–Crippen LogP) is 1.37. The Bertz CT molecular complexity index is 400. The topological polar surface area (TPSA) is 32.8 Å². The number of hydrogen-bond donors (Lipinski definition) is 0. The molecule has 0 spiro atoms. The van der Waals surface area contributed by atoms with Crippen LogP contribution in [0.4, 0.5) is 0 Å². The second kappa shape index (κ2) is 6.68. The fourth-order valence-corrected chi connectivity index (χ4v) is 2.47. The average molecular weight is 262 g/mol. The van der Waals surface area contributed by atoms with Crippen molar-refractivity contribution in [2.75, 3.05) is 33.3 Å². The zero-order valence-corrected chi connectivity index (χ0v) is 11.7. The van der Waals surface area contributed by atoms with Crippen LogP contribution >= 0.6 is 0 Å². The Morgan fingerprint density at radius 2 is 1.84 bits per heavy atom. The highest BCUT2D eigenvalue weighted by atomic mass is 16.5. The van der Waals surface area contributed by atoms with E-state index in [1.807, 2.05) is 13.0 Å². The number of esters is 1. The molecule has 4 heteroatoms. The summed E-state index contributed by atoms with van der Waals surface area (Å²) in [6.07, 6.45) is 0. The Hall–Kier alpha value is -1.39. The van der Waals surface area contributed by atoms with Gasteiger partial charge in [0.25, 0.3) is 0 Å². The molecule has 104 valence electrons. The minimum absolute atomic E-state index is 0.135. The quantitative estimate of drug-likeness (QED) is 0.767. The summed E-state index contributed by atoms with van der Waals surface area (Å²) < 4.78 is 4.79. The molecule has 0 N–H and O–H groups in total. The van der Waals surface area contributed by atoms with Gasteiger partial charge in [-0.1, -0.05) is 30.3 Å². The zero-order chi connectivity index (χ0) is 13.7. The maximum Gasteiger partial charge on any atom is 0.322 e. The molecule has 1 aromatic rings. The molecule has 1 heterocycles. The number of carbonyl (C=O) groups excluding carboxylic acids is 1. The summed E-state index contributed by atoms with van der Waals surface area (Å²) in [4.78, 5) is 16.1. The van der Waals surface area contributed by atoms with Gasteiger partial charge in [-0.3, -0.25) is 14.6 Å². The monoisotopic (exact) mass is 262 g/mol. The Morgan fingerprint density at radius 3 is 2.42 bits per heavy atom. The molecule has 2 rings (SSSR count). The van der Waals surface area contributed by atoms with Crippen molar-refractivity contribution in [3.05, 3.63) is 35.9 Å². The number of rotatable bonds is 4. The van der Waals surface area contributed by atoms with E-state index in [2.05, 4.69) is 34.1 Å². The second-order valence-electron chi connectivity index (χ2n) is 5.00. The molecule has 0 radical (unpaired) electrons. The summed E-state index contributed by atoms with van der Waals surface area (Å²) in [7, 11) is 1.45. The third-order valence-electron chi connectivity index (χ3n) is 3.75. The van der Waals surface area contributed by atoms with Gasteiger partial charge in [-0.05, 0) is 12.5 Å². The van der Waals surface area contributed by atoms with Gasteiger partial charge in [-0.2, -0.15) is 0 Å². The van der Waals surface area contributed by atoms with Crippen LogP contribution in [0.3, 0.4) is 0 Å². The van der Waals surface area contributed by atoms with Gasteiger partial charge < -0.3 is 4.74 Å². The molecule has 4 nitrogen and oxygen atoms in total. The maximum absolute atomic E-state index is 11.5. The summed E-state index contributed by atoms with van der Waals surface area (Å²) in [6, 6.07) is 10.4. The van der Waals surface area contributed by atoms with Gasteiger partial charge in [0.15, 0.2) is 0 Å². The molecule has 1 aliphatic rings. The highest BCUT2D eigenvalue weighted by molar-refractivity contribution is 5.75. The largest absolute Gasteiger partial charge is 0.468 e. The van der Waals surface area contributed by atoms with Crippen LogP contribution in [0, 0.1) is 0 Å². The average Bonchev–Trinajstić information content (AvgIpc) is 2.47. The molecule has 0 aromatic heterocycles. The third kappa shape index (κ3) is 3.78. The Labute approximate surface area is 115 Å². The van der Waals surface area contributed by atoms with Crippen LogP contribution in [-0.2, 0) is 16.1 Å². The lowest BCUT2D eigenvalue weighted by molar-refractivity contribution is -0.147. The van der Waals surface area contributed by atoms with Gasteiger partial charge in [0.1, 0.15) is 6.04 Å². The minimum atomic E-state index is -0.142. The van der Waals surface area contributed by atoms with Crippen LogP contribution in [-0.4, -0.2) is 55.1 Å². The first-order chi connectivity index (χ1) is 9.20. The lowest BCUT2D eigenvalue weighted by atomic mass is 10.2. The predicted molar refractivity (Wildman–Crippen MR) is 74.8 cm³/mol. The molecular formula is C15H22N2O2. The number of carbonyl (C=O) groups is 1. The van der Waals surface area contributed by atoms with Gasteiger partial charge >= 0.3 is 5.97 Å². The number of methoxy groups -OCH3 is 1. The van der Waals surface area contributed by atoms with Crippen molar-refractivity contribution in [1.29, 1.82) is 0 Å². The van der Waals surface area contributed by atoms with Crippen LogP contribution in [0.2, 0.25) is 0 Å². The van der Waals surface area contributed by atoms with Crippen LogP contribution in [0.25, 0.3) is 0 Å². The van der Waals surface area contributed by atoms with Crippen molar-refractivity contribution in [2.24, 2.45) is 0 Å². The van der Waals surface area contributed by atoms with Crippen LogP contribution in [0.5, 0.6) is 0 Å². The summed E-state index contributed by atoms with van der Waals surface area (Å²) in [5, 5.41) is 0. The summed E-state index contributed by atoms with van der Waals surface area (Å²) in [6.45, 7) is 6.73. The lowest BCUT2D eigenvalue weighted by Gasteiger charge is -2.36. The summed E-state index contributed by atoms with van der Waals surface area (Å²) >= 11 is 0. The van der Waals surface area contributed by atoms with Gasteiger partial charge in [0.2, 0.25) is 0 Å². The fourth-order valence-electron chi connectivity index (χ4n) is 2.47. The molecular weight excluding hydrogens is 240 g/mol. The van der Waals surface area contributed by atoms with Crippen molar-refractivity contribution < 1.29 is 9.53 Å². The van der Waals surface area contributed by atoms with Crippen LogP contribution in [0.1, 0.15) is 12.5 Å². The lowest BCUT2D eigenvalue weighted by Crippen LogP contribution is -2.51. The molecule has 0 amide bonds.